The number of hydrogen-bond acceptors (Lipinski definition) is 3. The predicted octanol–water partition coefficient (Wildman–Crippen LogP) is 2.20. The minimum Gasteiger partial charge on any atom is -0.389 e. The number of rotatable bonds is 4. The second-order valence-corrected chi connectivity index (χ2v) is 5.76. The molecule has 0 unspecified atom stereocenters. The van der Waals surface area contributed by atoms with Gasteiger partial charge in [-0.3, -0.25) is 0 Å². The highest BCUT2D eigenvalue weighted by Crippen LogP contribution is 2.31. The molecular formula is C14H19FN2OS. The summed E-state index contributed by atoms with van der Waals surface area (Å²) in [5.41, 5.74) is 5.76. The number of thiocarbonyl (C=S) groups is 1. The minimum atomic E-state index is -0.691. The highest BCUT2D eigenvalue weighted by atomic mass is 32.1. The normalized spacial score (nSPS) is 17.4. The highest BCUT2D eigenvalue weighted by molar-refractivity contribution is 7.80. The lowest BCUT2D eigenvalue weighted by atomic mass is 10.0. The van der Waals surface area contributed by atoms with Gasteiger partial charge in [-0.15, -0.1) is 0 Å². The Morgan fingerprint density at radius 2 is 2.11 bits per heavy atom. The van der Waals surface area contributed by atoms with E-state index in [9.17, 15) is 9.50 Å². The van der Waals surface area contributed by atoms with Crippen molar-refractivity contribution in [1.82, 2.24) is 0 Å². The summed E-state index contributed by atoms with van der Waals surface area (Å²) in [6.45, 7) is 0.441. The molecule has 3 N–H and O–H groups in total. The maximum atomic E-state index is 14.0. The van der Waals surface area contributed by atoms with Crippen LogP contribution in [0.3, 0.4) is 0 Å². The summed E-state index contributed by atoms with van der Waals surface area (Å²) < 4.78 is 14.0. The lowest BCUT2D eigenvalue weighted by Crippen LogP contribution is -2.39. The SMILES string of the molecule is CN(CC1(O)CCCC1)c1ccc(C(N)=S)cc1F. The lowest BCUT2D eigenvalue weighted by Gasteiger charge is -2.30. The first kappa shape index (κ1) is 14.2. The largest absolute Gasteiger partial charge is 0.389 e. The van der Waals surface area contributed by atoms with Crippen LogP contribution in [0.2, 0.25) is 0 Å². The monoisotopic (exact) mass is 282 g/mol. The second kappa shape index (κ2) is 5.43. The van der Waals surface area contributed by atoms with E-state index in [0.717, 1.165) is 25.7 Å². The van der Waals surface area contributed by atoms with Crippen molar-refractivity contribution in [3.05, 3.63) is 29.6 Å². The summed E-state index contributed by atoms with van der Waals surface area (Å²) in [6.07, 6.45) is 3.63. The Morgan fingerprint density at radius 1 is 1.47 bits per heavy atom. The zero-order chi connectivity index (χ0) is 14.0. The van der Waals surface area contributed by atoms with E-state index in [-0.39, 0.29) is 10.8 Å². The van der Waals surface area contributed by atoms with Crippen LogP contribution in [-0.4, -0.2) is 29.3 Å². The molecule has 3 nitrogen and oxygen atoms in total. The van der Waals surface area contributed by atoms with Gasteiger partial charge in [0.05, 0.1) is 11.3 Å². The van der Waals surface area contributed by atoms with Crippen molar-refractivity contribution in [1.29, 1.82) is 0 Å². The van der Waals surface area contributed by atoms with Crippen molar-refractivity contribution in [3.63, 3.8) is 0 Å². The Labute approximate surface area is 118 Å². The van der Waals surface area contributed by atoms with Crippen molar-refractivity contribution in [2.45, 2.75) is 31.3 Å². The number of likely N-dealkylation sites (N-methyl/N-ethyl adjacent to an activating group) is 1. The van der Waals surface area contributed by atoms with Crippen LogP contribution in [0.15, 0.2) is 18.2 Å². The average Bonchev–Trinajstić information content (AvgIpc) is 2.75. The van der Waals surface area contributed by atoms with Gasteiger partial charge in [0.2, 0.25) is 0 Å². The third-order valence-corrected chi connectivity index (χ3v) is 3.94. The van der Waals surface area contributed by atoms with Crippen LogP contribution in [0, 0.1) is 5.82 Å². The molecule has 0 heterocycles. The fraction of sp³-hybridized carbons (Fsp3) is 0.500. The van der Waals surface area contributed by atoms with Gasteiger partial charge in [-0.2, -0.15) is 0 Å². The van der Waals surface area contributed by atoms with Gasteiger partial charge < -0.3 is 15.7 Å². The summed E-state index contributed by atoms with van der Waals surface area (Å²) in [5.74, 6) is -0.366. The maximum absolute atomic E-state index is 14.0. The van der Waals surface area contributed by atoms with Crippen LogP contribution >= 0.6 is 12.2 Å². The molecule has 2 rings (SSSR count). The van der Waals surface area contributed by atoms with E-state index >= 15 is 0 Å². The van der Waals surface area contributed by atoms with E-state index in [0.29, 0.717) is 17.8 Å². The molecule has 1 aliphatic carbocycles. The van der Waals surface area contributed by atoms with Crippen molar-refractivity contribution < 1.29 is 9.50 Å². The van der Waals surface area contributed by atoms with Gasteiger partial charge in [0.15, 0.2) is 0 Å². The van der Waals surface area contributed by atoms with E-state index in [2.05, 4.69) is 0 Å². The van der Waals surface area contributed by atoms with Gasteiger partial charge in [0.25, 0.3) is 0 Å². The third-order valence-electron chi connectivity index (χ3n) is 3.71. The van der Waals surface area contributed by atoms with Crippen LogP contribution in [0.5, 0.6) is 0 Å². The van der Waals surface area contributed by atoms with Crippen LogP contribution in [0.1, 0.15) is 31.2 Å². The Bertz CT molecular complexity index is 486. The van der Waals surface area contributed by atoms with Crippen LogP contribution in [0.4, 0.5) is 10.1 Å². The molecule has 0 spiro atoms. The van der Waals surface area contributed by atoms with Crippen molar-refractivity contribution in [3.8, 4) is 0 Å². The van der Waals surface area contributed by atoms with E-state index in [1.165, 1.54) is 6.07 Å². The summed E-state index contributed by atoms with van der Waals surface area (Å²) in [4.78, 5) is 1.94. The number of nitrogens with two attached hydrogens (primary N) is 1. The van der Waals surface area contributed by atoms with Crippen LogP contribution < -0.4 is 10.6 Å². The molecule has 1 saturated carbocycles. The first-order valence-electron chi connectivity index (χ1n) is 6.44. The van der Waals surface area contributed by atoms with Crippen molar-refractivity contribution in [2.24, 2.45) is 5.73 Å². The standard InChI is InChI=1S/C14H19FN2OS/c1-17(9-14(18)6-2-3-7-14)12-5-4-10(13(16)19)8-11(12)15/h4-5,8,18H,2-3,6-7,9H2,1H3,(H2,16,19). The topological polar surface area (TPSA) is 49.5 Å². The van der Waals surface area contributed by atoms with E-state index in [1.54, 1.807) is 24.1 Å². The van der Waals surface area contributed by atoms with Gasteiger partial charge in [-0.1, -0.05) is 25.1 Å². The molecule has 1 fully saturated rings. The number of hydrogen-bond donors (Lipinski definition) is 2. The number of aliphatic hydroxyl groups is 1. The summed E-state index contributed by atoms with van der Waals surface area (Å²) >= 11 is 4.82. The molecule has 0 atom stereocenters. The molecule has 0 bridgehead atoms. The first-order chi connectivity index (χ1) is 8.91. The van der Waals surface area contributed by atoms with Gasteiger partial charge in [0.1, 0.15) is 10.8 Å². The Hall–Kier alpha value is -1.20. The molecule has 1 aromatic carbocycles. The van der Waals surface area contributed by atoms with E-state index < -0.39 is 5.60 Å². The van der Waals surface area contributed by atoms with Crippen LogP contribution in [0.25, 0.3) is 0 Å². The van der Waals surface area contributed by atoms with Gasteiger partial charge >= 0.3 is 0 Å². The molecular weight excluding hydrogens is 263 g/mol. The van der Waals surface area contributed by atoms with E-state index in [4.69, 9.17) is 18.0 Å². The Kier molecular flexibility index (Phi) is 4.06. The summed E-state index contributed by atoms with van der Waals surface area (Å²) in [7, 11) is 1.79. The number of anilines is 1. The summed E-state index contributed by atoms with van der Waals surface area (Å²) in [5, 5.41) is 10.4. The molecule has 0 radical (unpaired) electrons. The van der Waals surface area contributed by atoms with Gasteiger partial charge in [0, 0.05) is 19.2 Å². The molecule has 0 amide bonds. The maximum Gasteiger partial charge on any atom is 0.147 e. The molecule has 0 aliphatic heterocycles. The molecule has 0 saturated heterocycles. The molecule has 104 valence electrons. The fourth-order valence-corrected chi connectivity index (χ4v) is 2.81. The molecule has 1 aliphatic rings. The second-order valence-electron chi connectivity index (χ2n) is 5.32. The quantitative estimate of drug-likeness (QED) is 0.831. The van der Waals surface area contributed by atoms with E-state index in [1.807, 2.05) is 0 Å². The zero-order valence-corrected chi connectivity index (χ0v) is 11.8. The predicted molar refractivity (Wildman–Crippen MR) is 79.0 cm³/mol. The average molecular weight is 282 g/mol. The van der Waals surface area contributed by atoms with Crippen LogP contribution in [-0.2, 0) is 0 Å². The number of halogens is 1. The number of nitrogens with zero attached hydrogens (tertiary/aromatic N) is 1. The number of benzene rings is 1. The summed E-state index contributed by atoms with van der Waals surface area (Å²) in [6, 6.07) is 4.70. The lowest BCUT2D eigenvalue weighted by molar-refractivity contribution is 0.0558. The van der Waals surface area contributed by atoms with Crippen molar-refractivity contribution >= 4 is 22.9 Å². The van der Waals surface area contributed by atoms with Gasteiger partial charge in [-0.25, -0.2) is 4.39 Å². The molecule has 1 aromatic rings. The molecule has 5 heteroatoms. The third kappa shape index (κ3) is 3.22. The fourth-order valence-electron chi connectivity index (χ4n) is 2.69. The Balaban J connectivity index is 2.15. The first-order valence-corrected chi connectivity index (χ1v) is 6.85. The van der Waals surface area contributed by atoms with Crippen molar-refractivity contribution in [2.75, 3.05) is 18.5 Å². The zero-order valence-electron chi connectivity index (χ0n) is 11.0. The Morgan fingerprint density at radius 3 is 2.63 bits per heavy atom. The van der Waals surface area contributed by atoms with Gasteiger partial charge in [-0.05, 0) is 31.0 Å². The smallest absolute Gasteiger partial charge is 0.147 e. The molecule has 19 heavy (non-hydrogen) atoms. The highest BCUT2D eigenvalue weighted by Gasteiger charge is 2.32. The minimum absolute atomic E-state index is 0.183. The molecule has 0 aromatic heterocycles.